The van der Waals surface area contributed by atoms with E-state index in [9.17, 15) is 9.59 Å². The molecule has 0 aliphatic heterocycles. The Labute approximate surface area is 126 Å². The third-order valence-electron chi connectivity index (χ3n) is 3.48. The number of rotatable bonds is 8. The molecule has 0 saturated heterocycles. The number of hydrogen-bond acceptors (Lipinski definition) is 4. The summed E-state index contributed by atoms with van der Waals surface area (Å²) in [4.78, 5) is 24.2. The number of ketones is 1. The van der Waals surface area contributed by atoms with Gasteiger partial charge in [-0.3, -0.25) is 9.59 Å². The van der Waals surface area contributed by atoms with E-state index in [1.165, 1.54) is 7.11 Å². The van der Waals surface area contributed by atoms with Crippen LogP contribution in [0.5, 0.6) is 0 Å². The number of aryl methyl sites for hydroxylation is 2. The van der Waals surface area contributed by atoms with Crippen LogP contribution in [-0.4, -0.2) is 31.4 Å². The summed E-state index contributed by atoms with van der Waals surface area (Å²) in [6.45, 7) is 6.71. The van der Waals surface area contributed by atoms with E-state index < -0.39 is 6.04 Å². The Morgan fingerprint density at radius 2 is 2.00 bits per heavy atom. The van der Waals surface area contributed by atoms with Gasteiger partial charge in [0, 0.05) is 5.56 Å². The molecule has 0 aliphatic rings. The first-order valence-electron chi connectivity index (χ1n) is 7.41. The van der Waals surface area contributed by atoms with Crippen LogP contribution in [0.15, 0.2) is 18.2 Å². The van der Waals surface area contributed by atoms with Gasteiger partial charge in [-0.05, 0) is 32.4 Å². The zero-order valence-electron chi connectivity index (χ0n) is 13.4. The lowest BCUT2D eigenvalue weighted by Crippen LogP contribution is -2.39. The number of esters is 1. The predicted molar refractivity (Wildman–Crippen MR) is 83.6 cm³/mol. The molecule has 1 aromatic rings. The quantitative estimate of drug-likeness (QED) is 0.454. The summed E-state index contributed by atoms with van der Waals surface area (Å²) in [5.41, 5.74) is 2.72. The monoisotopic (exact) mass is 291 g/mol. The molecule has 0 heterocycles. The summed E-state index contributed by atoms with van der Waals surface area (Å²) in [5.74, 6) is -0.420. The first kappa shape index (κ1) is 17.4. The molecular formula is C17H25NO3. The number of ether oxygens (including phenoxy) is 1. The van der Waals surface area contributed by atoms with E-state index in [0.717, 1.165) is 30.5 Å². The Morgan fingerprint density at radius 1 is 1.29 bits per heavy atom. The highest BCUT2D eigenvalue weighted by atomic mass is 16.5. The number of unbranched alkanes of at least 4 members (excludes halogenated alkanes) is 1. The second-order valence-electron chi connectivity index (χ2n) is 5.32. The minimum atomic E-state index is -0.523. The zero-order chi connectivity index (χ0) is 15.8. The van der Waals surface area contributed by atoms with Crippen molar-refractivity contribution < 1.29 is 14.3 Å². The van der Waals surface area contributed by atoms with Gasteiger partial charge in [-0.2, -0.15) is 0 Å². The van der Waals surface area contributed by atoms with Crippen molar-refractivity contribution in [1.82, 2.24) is 5.32 Å². The second kappa shape index (κ2) is 8.57. The van der Waals surface area contributed by atoms with Gasteiger partial charge in [0.15, 0.2) is 5.78 Å². The lowest BCUT2D eigenvalue weighted by molar-refractivity contribution is -0.140. The van der Waals surface area contributed by atoms with Crippen molar-refractivity contribution in [3.63, 3.8) is 0 Å². The first-order valence-corrected chi connectivity index (χ1v) is 7.41. The van der Waals surface area contributed by atoms with Crippen molar-refractivity contribution in [2.75, 3.05) is 13.7 Å². The molecule has 1 aromatic carbocycles. The number of carbonyl (C=O) groups excluding carboxylic acids is 2. The molecular weight excluding hydrogens is 266 g/mol. The normalized spacial score (nSPS) is 12.0. The van der Waals surface area contributed by atoms with Gasteiger partial charge in [-0.1, -0.05) is 37.1 Å². The van der Waals surface area contributed by atoms with Crippen LogP contribution >= 0.6 is 0 Å². The van der Waals surface area contributed by atoms with E-state index >= 15 is 0 Å². The summed E-state index contributed by atoms with van der Waals surface area (Å²) < 4.78 is 4.69. The largest absolute Gasteiger partial charge is 0.469 e. The van der Waals surface area contributed by atoms with Crippen LogP contribution in [0.3, 0.4) is 0 Å². The second-order valence-corrected chi connectivity index (χ2v) is 5.32. The molecule has 1 atom stereocenters. The Morgan fingerprint density at radius 3 is 2.57 bits per heavy atom. The highest BCUT2D eigenvalue weighted by Crippen LogP contribution is 2.14. The lowest BCUT2D eigenvalue weighted by atomic mass is 9.96. The highest BCUT2D eigenvalue weighted by molar-refractivity contribution is 6.02. The Kier molecular flexibility index (Phi) is 7.09. The Hall–Kier alpha value is -1.68. The van der Waals surface area contributed by atoms with Crippen molar-refractivity contribution in [2.45, 2.75) is 46.1 Å². The summed E-state index contributed by atoms with van der Waals surface area (Å²) in [6.07, 6.45) is 2.07. The number of nitrogens with one attached hydrogen (secondary N) is 1. The molecule has 0 spiro atoms. The smallest absolute Gasteiger partial charge is 0.307 e. The van der Waals surface area contributed by atoms with Crippen LogP contribution < -0.4 is 5.32 Å². The van der Waals surface area contributed by atoms with Gasteiger partial charge in [0.05, 0.1) is 19.6 Å². The maximum Gasteiger partial charge on any atom is 0.307 e. The Bertz CT molecular complexity index is 497. The zero-order valence-corrected chi connectivity index (χ0v) is 13.4. The molecule has 4 heteroatoms. The summed E-state index contributed by atoms with van der Waals surface area (Å²) >= 11 is 0. The topological polar surface area (TPSA) is 55.4 Å². The van der Waals surface area contributed by atoms with E-state index in [2.05, 4.69) is 12.2 Å². The highest BCUT2D eigenvalue weighted by Gasteiger charge is 2.24. The fraction of sp³-hybridized carbons (Fsp3) is 0.529. The number of benzene rings is 1. The van der Waals surface area contributed by atoms with Crippen molar-refractivity contribution in [3.8, 4) is 0 Å². The van der Waals surface area contributed by atoms with Crippen LogP contribution in [0.2, 0.25) is 0 Å². The van der Waals surface area contributed by atoms with Gasteiger partial charge in [0.2, 0.25) is 0 Å². The molecule has 0 radical (unpaired) electrons. The SMILES string of the molecule is CCCCNC(CC(=O)OC)C(=O)c1ccc(C)cc1C. The van der Waals surface area contributed by atoms with Gasteiger partial charge in [0.25, 0.3) is 0 Å². The van der Waals surface area contributed by atoms with Gasteiger partial charge in [-0.15, -0.1) is 0 Å². The molecule has 0 saturated carbocycles. The standard InChI is InChI=1S/C17H25NO3/c1-5-6-9-18-15(11-16(19)21-4)17(20)14-8-7-12(2)10-13(14)3/h7-8,10,15,18H,5-6,9,11H2,1-4H3. The van der Waals surface area contributed by atoms with E-state index in [0.29, 0.717) is 5.56 Å². The van der Waals surface area contributed by atoms with E-state index in [4.69, 9.17) is 4.74 Å². The average Bonchev–Trinajstić information content (AvgIpc) is 2.45. The fourth-order valence-electron chi connectivity index (χ4n) is 2.24. The van der Waals surface area contributed by atoms with Crippen LogP contribution in [0, 0.1) is 13.8 Å². The minimum absolute atomic E-state index is 0.0472. The molecule has 0 aliphatic carbocycles. The Balaban J connectivity index is 2.89. The maximum absolute atomic E-state index is 12.7. The van der Waals surface area contributed by atoms with E-state index in [1.807, 2.05) is 32.0 Å². The minimum Gasteiger partial charge on any atom is -0.469 e. The molecule has 1 rings (SSSR count). The van der Waals surface area contributed by atoms with E-state index in [-0.39, 0.29) is 18.2 Å². The van der Waals surface area contributed by atoms with Crippen molar-refractivity contribution in [1.29, 1.82) is 0 Å². The summed E-state index contributed by atoms with van der Waals surface area (Å²) in [7, 11) is 1.34. The van der Waals surface area contributed by atoms with Crippen molar-refractivity contribution in [3.05, 3.63) is 34.9 Å². The molecule has 1 unspecified atom stereocenters. The molecule has 0 bridgehead atoms. The van der Waals surface area contributed by atoms with Crippen molar-refractivity contribution >= 4 is 11.8 Å². The number of Topliss-reactive ketones (excluding diaryl/α,β-unsaturated/α-hetero) is 1. The number of hydrogen-bond donors (Lipinski definition) is 1. The fourth-order valence-corrected chi connectivity index (χ4v) is 2.24. The van der Waals surface area contributed by atoms with Gasteiger partial charge >= 0.3 is 5.97 Å². The molecule has 116 valence electrons. The molecule has 4 nitrogen and oxygen atoms in total. The maximum atomic E-state index is 12.7. The summed E-state index contributed by atoms with van der Waals surface area (Å²) in [6, 6.07) is 5.21. The van der Waals surface area contributed by atoms with Gasteiger partial charge in [0.1, 0.15) is 0 Å². The molecule has 0 amide bonds. The molecule has 1 N–H and O–H groups in total. The first-order chi connectivity index (χ1) is 9.99. The average molecular weight is 291 g/mol. The summed E-state index contributed by atoms with van der Waals surface area (Å²) in [5, 5.41) is 3.18. The third-order valence-corrected chi connectivity index (χ3v) is 3.48. The van der Waals surface area contributed by atoms with E-state index in [1.54, 1.807) is 0 Å². The van der Waals surface area contributed by atoms with Gasteiger partial charge < -0.3 is 10.1 Å². The predicted octanol–water partition coefficient (Wildman–Crippen LogP) is 2.81. The molecule has 21 heavy (non-hydrogen) atoms. The third kappa shape index (κ3) is 5.31. The number of methoxy groups -OCH3 is 1. The number of carbonyl (C=O) groups is 2. The van der Waals surface area contributed by atoms with Crippen LogP contribution in [0.4, 0.5) is 0 Å². The van der Waals surface area contributed by atoms with Gasteiger partial charge in [-0.25, -0.2) is 0 Å². The van der Waals surface area contributed by atoms with Crippen LogP contribution in [0.25, 0.3) is 0 Å². The molecule has 0 fully saturated rings. The lowest BCUT2D eigenvalue weighted by Gasteiger charge is -2.18. The van der Waals surface area contributed by atoms with Crippen molar-refractivity contribution in [2.24, 2.45) is 0 Å². The van der Waals surface area contributed by atoms with Crippen LogP contribution in [-0.2, 0) is 9.53 Å². The molecule has 0 aromatic heterocycles. The van der Waals surface area contributed by atoms with Crippen LogP contribution in [0.1, 0.15) is 47.7 Å².